The maximum atomic E-state index is 11.6. The first-order valence-corrected chi connectivity index (χ1v) is 8.36. The van der Waals surface area contributed by atoms with Gasteiger partial charge in [0.2, 0.25) is 0 Å². The molecule has 0 fully saturated rings. The molecule has 5 heteroatoms. The van der Waals surface area contributed by atoms with E-state index in [4.69, 9.17) is 0 Å². The number of hydrogen-bond donors (Lipinski definition) is 0. The number of halogens is 2. The molecule has 17 heavy (non-hydrogen) atoms. The number of aryl methyl sites for hydroxylation is 1. The maximum absolute atomic E-state index is 11.6. The number of benzene rings is 2. The molecule has 0 aliphatic rings. The number of sulfone groups is 1. The van der Waals surface area contributed by atoms with Crippen LogP contribution in [0, 0.1) is 6.92 Å². The Hall–Kier alpha value is -0.390. The third-order valence-electron chi connectivity index (χ3n) is 2.57. The van der Waals surface area contributed by atoms with Gasteiger partial charge in [-0.05, 0) is 73.3 Å². The SMILES string of the molecule is Cc1cc2cc(Br)c(Br)cc2cc1S(C)(=O)=O. The molecule has 90 valence electrons. The van der Waals surface area contributed by atoms with Gasteiger partial charge in [0.25, 0.3) is 0 Å². The summed E-state index contributed by atoms with van der Waals surface area (Å²) in [5.74, 6) is 0. The lowest BCUT2D eigenvalue weighted by molar-refractivity contribution is 0.601. The molecule has 0 aliphatic carbocycles. The van der Waals surface area contributed by atoms with Crippen LogP contribution in [0.3, 0.4) is 0 Å². The van der Waals surface area contributed by atoms with Gasteiger partial charge in [0.05, 0.1) is 4.90 Å². The smallest absolute Gasteiger partial charge is 0.175 e. The van der Waals surface area contributed by atoms with Crippen LogP contribution in [-0.4, -0.2) is 14.7 Å². The fraction of sp³-hybridized carbons (Fsp3) is 0.167. The summed E-state index contributed by atoms with van der Waals surface area (Å²) in [6.07, 6.45) is 1.23. The molecule has 0 aliphatic heterocycles. The van der Waals surface area contributed by atoms with Crippen LogP contribution in [0.4, 0.5) is 0 Å². The molecule has 0 aromatic heterocycles. The first kappa shape index (κ1) is 13.1. The van der Waals surface area contributed by atoms with E-state index in [2.05, 4.69) is 31.9 Å². The molecule has 0 amide bonds. The summed E-state index contributed by atoms with van der Waals surface area (Å²) in [6, 6.07) is 7.49. The van der Waals surface area contributed by atoms with E-state index in [-0.39, 0.29) is 0 Å². The predicted octanol–water partition coefficient (Wildman–Crippen LogP) is 4.08. The van der Waals surface area contributed by atoms with Crippen LogP contribution in [0.25, 0.3) is 10.8 Å². The van der Waals surface area contributed by atoms with Gasteiger partial charge in [0.15, 0.2) is 9.84 Å². The van der Waals surface area contributed by atoms with Crippen LogP contribution in [0.15, 0.2) is 38.1 Å². The van der Waals surface area contributed by atoms with Crippen LogP contribution >= 0.6 is 31.9 Å². The van der Waals surface area contributed by atoms with Crippen molar-refractivity contribution in [2.45, 2.75) is 11.8 Å². The van der Waals surface area contributed by atoms with Crippen LogP contribution in [0.2, 0.25) is 0 Å². The van der Waals surface area contributed by atoms with Crippen LogP contribution in [-0.2, 0) is 9.84 Å². The van der Waals surface area contributed by atoms with Crippen molar-refractivity contribution in [1.82, 2.24) is 0 Å². The van der Waals surface area contributed by atoms with Gasteiger partial charge < -0.3 is 0 Å². The average molecular weight is 378 g/mol. The predicted molar refractivity (Wildman–Crippen MR) is 77.2 cm³/mol. The molecule has 0 radical (unpaired) electrons. The first-order chi connectivity index (χ1) is 7.79. The van der Waals surface area contributed by atoms with Gasteiger partial charge in [-0.2, -0.15) is 0 Å². The molecule has 0 unspecified atom stereocenters. The van der Waals surface area contributed by atoms with Gasteiger partial charge in [0.1, 0.15) is 0 Å². The molecule has 0 atom stereocenters. The van der Waals surface area contributed by atoms with Crippen LogP contribution < -0.4 is 0 Å². The monoisotopic (exact) mass is 376 g/mol. The number of hydrogen-bond acceptors (Lipinski definition) is 2. The summed E-state index contributed by atoms with van der Waals surface area (Å²) in [7, 11) is -3.17. The van der Waals surface area contributed by atoms with Gasteiger partial charge in [-0.25, -0.2) is 8.42 Å². The number of rotatable bonds is 1. The minimum atomic E-state index is -3.17. The normalized spacial score (nSPS) is 12.0. The van der Waals surface area contributed by atoms with Crippen molar-refractivity contribution in [1.29, 1.82) is 0 Å². The van der Waals surface area contributed by atoms with E-state index in [1.54, 1.807) is 6.07 Å². The van der Waals surface area contributed by atoms with Crippen molar-refractivity contribution >= 4 is 52.5 Å². The molecule has 2 rings (SSSR count). The Bertz CT molecular complexity index is 706. The molecule has 2 aromatic rings. The van der Waals surface area contributed by atoms with E-state index in [0.717, 1.165) is 25.3 Å². The lowest BCUT2D eigenvalue weighted by Crippen LogP contribution is -1.99. The zero-order valence-electron chi connectivity index (χ0n) is 9.29. The molecule has 0 saturated heterocycles. The van der Waals surface area contributed by atoms with Gasteiger partial charge in [-0.3, -0.25) is 0 Å². The Morgan fingerprint density at radius 3 is 1.88 bits per heavy atom. The second kappa shape index (κ2) is 4.37. The van der Waals surface area contributed by atoms with Crippen molar-refractivity contribution in [3.63, 3.8) is 0 Å². The van der Waals surface area contributed by atoms with Crippen molar-refractivity contribution in [3.05, 3.63) is 38.8 Å². The minimum Gasteiger partial charge on any atom is -0.224 e. The average Bonchev–Trinajstić information content (AvgIpc) is 2.18. The van der Waals surface area contributed by atoms with E-state index in [1.165, 1.54) is 6.26 Å². The fourth-order valence-electron chi connectivity index (χ4n) is 1.79. The molecule has 2 nitrogen and oxygen atoms in total. The van der Waals surface area contributed by atoms with E-state index in [9.17, 15) is 8.42 Å². The highest BCUT2D eigenvalue weighted by Gasteiger charge is 2.12. The van der Waals surface area contributed by atoms with E-state index >= 15 is 0 Å². The Labute approximate surface area is 117 Å². The standard InChI is InChI=1S/C12H10Br2O2S/c1-7-3-8-4-10(13)11(14)5-9(8)6-12(7)17(2,15)16/h3-6H,1-2H3. The largest absolute Gasteiger partial charge is 0.224 e. The summed E-state index contributed by atoms with van der Waals surface area (Å²) >= 11 is 6.85. The van der Waals surface area contributed by atoms with Crippen molar-refractivity contribution < 1.29 is 8.42 Å². The maximum Gasteiger partial charge on any atom is 0.175 e. The van der Waals surface area contributed by atoms with Gasteiger partial charge in [0, 0.05) is 15.2 Å². The first-order valence-electron chi connectivity index (χ1n) is 4.88. The molecule has 0 N–H and O–H groups in total. The molecular weight excluding hydrogens is 368 g/mol. The fourth-order valence-corrected chi connectivity index (χ4v) is 3.49. The van der Waals surface area contributed by atoms with E-state index < -0.39 is 9.84 Å². The van der Waals surface area contributed by atoms with Gasteiger partial charge in [-0.15, -0.1) is 0 Å². The summed E-state index contributed by atoms with van der Waals surface area (Å²) < 4.78 is 25.1. The van der Waals surface area contributed by atoms with Gasteiger partial charge in [-0.1, -0.05) is 6.07 Å². The topological polar surface area (TPSA) is 34.1 Å². The Kier molecular flexibility index (Phi) is 3.36. The Balaban J connectivity index is 2.86. The second-order valence-corrected chi connectivity index (χ2v) is 7.70. The summed E-state index contributed by atoms with van der Waals surface area (Å²) in [5, 5.41) is 1.93. The van der Waals surface area contributed by atoms with Crippen LogP contribution in [0.1, 0.15) is 5.56 Å². The minimum absolute atomic E-state index is 0.388. The summed E-state index contributed by atoms with van der Waals surface area (Å²) in [4.78, 5) is 0.388. The molecule has 0 spiro atoms. The quantitative estimate of drug-likeness (QED) is 0.750. The molecule has 0 saturated carbocycles. The Morgan fingerprint density at radius 1 is 0.941 bits per heavy atom. The van der Waals surface area contributed by atoms with Crippen molar-refractivity contribution in [2.75, 3.05) is 6.26 Å². The third-order valence-corrected chi connectivity index (χ3v) is 5.66. The lowest BCUT2D eigenvalue weighted by Gasteiger charge is -2.07. The third kappa shape index (κ3) is 2.56. The Morgan fingerprint density at radius 2 is 1.41 bits per heavy atom. The molecule has 2 aromatic carbocycles. The van der Waals surface area contributed by atoms with E-state index in [1.807, 2.05) is 25.1 Å². The zero-order valence-corrected chi connectivity index (χ0v) is 13.3. The van der Waals surface area contributed by atoms with Crippen LogP contribution in [0.5, 0.6) is 0 Å². The second-order valence-electron chi connectivity index (χ2n) is 4.00. The van der Waals surface area contributed by atoms with Crippen molar-refractivity contribution in [3.8, 4) is 0 Å². The molecule has 0 bridgehead atoms. The number of fused-ring (bicyclic) bond motifs is 1. The highest BCUT2D eigenvalue weighted by molar-refractivity contribution is 9.13. The van der Waals surface area contributed by atoms with Crippen molar-refractivity contribution in [2.24, 2.45) is 0 Å². The summed E-state index contributed by atoms with van der Waals surface area (Å²) in [6.45, 7) is 1.81. The molecular formula is C12H10Br2O2S. The highest BCUT2D eigenvalue weighted by atomic mass is 79.9. The van der Waals surface area contributed by atoms with E-state index in [0.29, 0.717) is 4.90 Å². The van der Waals surface area contributed by atoms with Gasteiger partial charge >= 0.3 is 0 Å². The highest BCUT2D eigenvalue weighted by Crippen LogP contribution is 2.31. The molecule has 0 heterocycles. The lowest BCUT2D eigenvalue weighted by atomic mass is 10.1. The zero-order chi connectivity index (χ0) is 12.8. The summed E-state index contributed by atoms with van der Waals surface area (Å²) in [5.41, 5.74) is 0.772.